The summed E-state index contributed by atoms with van der Waals surface area (Å²) in [6.07, 6.45) is 3.94. The third-order valence-corrected chi connectivity index (χ3v) is 4.75. The van der Waals surface area contributed by atoms with Crippen LogP contribution in [0.5, 0.6) is 0 Å². The van der Waals surface area contributed by atoms with E-state index in [1.54, 1.807) is 0 Å². The molecule has 2 rings (SSSR count). The van der Waals surface area contributed by atoms with E-state index in [1.165, 1.54) is 19.3 Å². The second-order valence-corrected chi connectivity index (χ2v) is 6.20. The predicted octanol–water partition coefficient (Wildman–Crippen LogP) is 1.28. The molecule has 1 amide bonds. The van der Waals surface area contributed by atoms with Crippen LogP contribution in [0, 0.1) is 16.7 Å². The van der Waals surface area contributed by atoms with Gasteiger partial charge < -0.3 is 11.1 Å². The molecule has 3 nitrogen and oxygen atoms in total. The van der Waals surface area contributed by atoms with Crippen molar-refractivity contribution in [2.24, 2.45) is 22.5 Å². The average Bonchev–Trinajstić information content (AvgIpc) is 2.54. The van der Waals surface area contributed by atoms with Crippen LogP contribution >= 0.6 is 0 Å². The molecular weight excluding hydrogens is 188 g/mol. The Bertz CT molecular complexity index is 283. The van der Waals surface area contributed by atoms with E-state index < -0.39 is 0 Å². The molecule has 0 spiro atoms. The van der Waals surface area contributed by atoms with E-state index in [2.05, 4.69) is 26.1 Å². The monoisotopic (exact) mass is 210 g/mol. The van der Waals surface area contributed by atoms with Gasteiger partial charge in [0.1, 0.15) is 0 Å². The van der Waals surface area contributed by atoms with Gasteiger partial charge in [-0.3, -0.25) is 4.79 Å². The second kappa shape index (κ2) is 3.21. The summed E-state index contributed by atoms with van der Waals surface area (Å²) in [5.41, 5.74) is 5.89. The van der Waals surface area contributed by atoms with Crippen LogP contribution in [0.25, 0.3) is 0 Å². The van der Waals surface area contributed by atoms with Crippen molar-refractivity contribution in [2.75, 3.05) is 6.54 Å². The van der Waals surface area contributed by atoms with Crippen molar-refractivity contribution in [3.63, 3.8) is 0 Å². The number of fused-ring (bicyclic) bond motifs is 2. The Kier molecular flexibility index (Phi) is 2.34. The Balaban J connectivity index is 2.12. The van der Waals surface area contributed by atoms with Gasteiger partial charge >= 0.3 is 0 Å². The highest BCUT2D eigenvalue weighted by atomic mass is 16.1. The second-order valence-electron chi connectivity index (χ2n) is 6.20. The molecule has 3 atom stereocenters. The number of amides is 1. The number of nitrogens with one attached hydrogen (secondary N) is 1. The number of hydrogen-bond donors (Lipinski definition) is 2. The van der Waals surface area contributed by atoms with Crippen molar-refractivity contribution in [1.29, 1.82) is 0 Å². The fourth-order valence-corrected chi connectivity index (χ4v) is 4.01. The molecule has 0 heterocycles. The lowest BCUT2D eigenvalue weighted by atomic mass is 9.68. The number of primary amides is 1. The molecule has 2 fully saturated rings. The summed E-state index contributed by atoms with van der Waals surface area (Å²) in [5, 5.41) is 3.37. The summed E-state index contributed by atoms with van der Waals surface area (Å²) in [5.74, 6) is 0.560. The Morgan fingerprint density at radius 1 is 1.47 bits per heavy atom. The summed E-state index contributed by atoms with van der Waals surface area (Å²) in [6.45, 7) is 7.30. The predicted molar refractivity (Wildman–Crippen MR) is 60.2 cm³/mol. The van der Waals surface area contributed by atoms with Gasteiger partial charge in [0.05, 0.1) is 6.54 Å². The molecule has 0 saturated heterocycles. The van der Waals surface area contributed by atoms with Gasteiger partial charge in [0.25, 0.3) is 0 Å². The zero-order valence-electron chi connectivity index (χ0n) is 9.97. The zero-order valence-corrected chi connectivity index (χ0v) is 9.97. The number of rotatable bonds is 3. The first-order chi connectivity index (χ1) is 6.86. The SMILES string of the molecule is CC12CCC(C1)C(C)(C)C2NCC(N)=O. The molecule has 0 aromatic rings. The van der Waals surface area contributed by atoms with Crippen molar-refractivity contribution < 1.29 is 4.79 Å². The lowest BCUT2D eigenvalue weighted by Crippen LogP contribution is -2.52. The number of hydrogen-bond acceptors (Lipinski definition) is 2. The van der Waals surface area contributed by atoms with Crippen molar-refractivity contribution in [1.82, 2.24) is 5.32 Å². The summed E-state index contributed by atoms with van der Waals surface area (Å²) in [6, 6.07) is 0.441. The maximum absolute atomic E-state index is 10.8. The molecule has 3 heteroatoms. The van der Waals surface area contributed by atoms with Crippen molar-refractivity contribution in [2.45, 2.75) is 46.1 Å². The van der Waals surface area contributed by atoms with Crippen LogP contribution in [-0.2, 0) is 4.79 Å². The first-order valence-electron chi connectivity index (χ1n) is 5.88. The van der Waals surface area contributed by atoms with Gasteiger partial charge in [0.15, 0.2) is 0 Å². The lowest BCUT2D eigenvalue weighted by molar-refractivity contribution is -0.117. The Hall–Kier alpha value is -0.570. The maximum atomic E-state index is 10.8. The normalized spacial score (nSPS) is 42.1. The highest BCUT2D eigenvalue weighted by molar-refractivity contribution is 5.75. The fraction of sp³-hybridized carbons (Fsp3) is 0.917. The van der Waals surface area contributed by atoms with E-state index in [-0.39, 0.29) is 5.91 Å². The van der Waals surface area contributed by atoms with E-state index in [9.17, 15) is 4.79 Å². The van der Waals surface area contributed by atoms with Crippen LogP contribution in [0.15, 0.2) is 0 Å². The van der Waals surface area contributed by atoms with E-state index >= 15 is 0 Å². The molecule has 0 aliphatic heterocycles. The molecule has 0 radical (unpaired) electrons. The van der Waals surface area contributed by atoms with E-state index in [0.717, 1.165) is 5.92 Å². The van der Waals surface area contributed by atoms with Crippen molar-refractivity contribution in [3.05, 3.63) is 0 Å². The molecule has 2 saturated carbocycles. The highest BCUT2D eigenvalue weighted by Crippen LogP contribution is 2.62. The average molecular weight is 210 g/mol. The zero-order chi connectivity index (χ0) is 11.3. The number of nitrogens with two attached hydrogens (primary N) is 1. The first-order valence-corrected chi connectivity index (χ1v) is 5.88. The molecular formula is C12H22N2O. The third kappa shape index (κ3) is 1.57. The molecule has 15 heavy (non-hydrogen) atoms. The maximum Gasteiger partial charge on any atom is 0.231 e. The lowest BCUT2D eigenvalue weighted by Gasteiger charge is -2.43. The molecule has 3 N–H and O–H groups in total. The quantitative estimate of drug-likeness (QED) is 0.737. The largest absolute Gasteiger partial charge is 0.369 e. The number of carbonyl (C=O) groups is 1. The van der Waals surface area contributed by atoms with Crippen LogP contribution in [0.3, 0.4) is 0 Å². The smallest absolute Gasteiger partial charge is 0.231 e. The van der Waals surface area contributed by atoms with Crippen LogP contribution in [-0.4, -0.2) is 18.5 Å². The molecule has 2 aliphatic carbocycles. The van der Waals surface area contributed by atoms with Gasteiger partial charge in [-0.2, -0.15) is 0 Å². The van der Waals surface area contributed by atoms with Crippen LogP contribution < -0.4 is 11.1 Å². The first kappa shape index (κ1) is 10.9. The van der Waals surface area contributed by atoms with Crippen molar-refractivity contribution in [3.8, 4) is 0 Å². The summed E-state index contributed by atoms with van der Waals surface area (Å²) in [4.78, 5) is 10.8. The molecule has 2 aliphatic rings. The Morgan fingerprint density at radius 2 is 2.13 bits per heavy atom. The molecule has 2 bridgehead atoms. The van der Waals surface area contributed by atoms with Crippen LogP contribution in [0.2, 0.25) is 0 Å². The minimum absolute atomic E-state index is 0.253. The molecule has 0 aromatic heterocycles. The van der Waals surface area contributed by atoms with E-state index in [4.69, 9.17) is 5.73 Å². The Labute approximate surface area is 91.8 Å². The van der Waals surface area contributed by atoms with Crippen LogP contribution in [0.1, 0.15) is 40.0 Å². The molecule has 3 unspecified atom stereocenters. The minimum Gasteiger partial charge on any atom is -0.369 e. The van der Waals surface area contributed by atoms with Gasteiger partial charge in [0, 0.05) is 6.04 Å². The summed E-state index contributed by atoms with van der Waals surface area (Å²) in [7, 11) is 0. The molecule has 0 aromatic carbocycles. The number of carbonyl (C=O) groups excluding carboxylic acids is 1. The van der Waals surface area contributed by atoms with Gasteiger partial charge in [-0.15, -0.1) is 0 Å². The minimum atomic E-state index is -0.253. The van der Waals surface area contributed by atoms with Gasteiger partial charge in [-0.05, 0) is 36.0 Å². The van der Waals surface area contributed by atoms with Gasteiger partial charge in [-0.25, -0.2) is 0 Å². The fourth-order valence-electron chi connectivity index (χ4n) is 4.01. The standard InChI is InChI=1S/C12H22N2O/c1-11(2)8-4-5-12(3,6-8)10(11)14-7-9(13)15/h8,10,14H,4-7H2,1-3H3,(H2,13,15). The molecule has 86 valence electrons. The van der Waals surface area contributed by atoms with E-state index in [1.807, 2.05) is 0 Å². The van der Waals surface area contributed by atoms with Crippen LogP contribution in [0.4, 0.5) is 0 Å². The Morgan fingerprint density at radius 3 is 2.60 bits per heavy atom. The van der Waals surface area contributed by atoms with Gasteiger partial charge in [0.2, 0.25) is 5.91 Å². The van der Waals surface area contributed by atoms with E-state index in [0.29, 0.717) is 23.4 Å². The summed E-state index contributed by atoms with van der Waals surface area (Å²) < 4.78 is 0. The third-order valence-electron chi connectivity index (χ3n) is 4.75. The van der Waals surface area contributed by atoms with Gasteiger partial charge in [-0.1, -0.05) is 20.8 Å². The highest BCUT2D eigenvalue weighted by Gasteiger charge is 2.58. The van der Waals surface area contributed by atoms with Crippen molar-refractivity contribution >= 4 is 5.91 Å². The summed E-state index contributed by atoms with van der Waals surface area (Å²) >= 11 is 0. The topological polar surface area (TPSA) is 55.1 Å².